The maximum Gasteiger partial charge on any atom is 0.236 e. The smallest absolute Gasteiger partial charge is 0.236 e. The molecule has 0 spiro atoms. The van der Waals surface area contributed by atoms with Crippen LogP contribution in [0.1, 0.15) is 5.56 Å². The number of thiazole rings is 1. The van der Waals surface area contributed by atoms with Crippen LogP contribution in [0.2, 0.25) is 0 Å². The van der Waals surface area contributed by atoms with Crippen LogP contribution in [-0.2, 0) is 4.79 Å². The first kappa shape index (κ1) is 23.0. The minimum Gasteiger partial charge on any atom is -0.332 e. The van der Waals surface area contributed by atoms with E-state index < -0.39 is 0 Å². The van der Waals surface area contributed by atoms with Crippen LogP contribution in [0.4, 0.5) is 16.5 Å². The molecule has 33 heavy (non-hydrogen) atoms. The zero-order valence-electron chi connectivity index (χ0n) is 17.9. The summed E-state index contributed by atoms with van der Waals surface area (Å²) >= 11 is 8.25. The van der Waals surface area contributed by atoms with E-state index in [0.29, 0.717) is 16.0 Å². The molecule has 1 aromatic heterocycles. The summed E-state index contributed by atoms with van der Waals surface area (Å²) in [6, 6.07) is 25.7. The van der Waals surface area contributed by atoms with E-state index in [0.717, 1.165) is 27.5 Å². The van der Waals surface area contributed by atoms with Crippen LogP contribution in [0, 0.1) is 6.92 Å². The number of amides is 1. The van der Waals surface area contributed by atoms with Crippen molar-refractivity contribution >= 4 is 62.8 Å². The number of hydrogen-bond donors (Lipinski definition) is 3. The van der Waals surface area contributed by atoms with E-state index >= 15 is 0 Å². The van der Waals surface area contributed by atoms with Crippen molar-refractivity contribution in [1.29, 1.82) is 0 Å². The summed E-state index contributed by atoms with van der Waals surface area (Å²) in [6.45, 7) is 2.05. The number of rotatable bonds is 7. The predicted molar refractivity (Wildman–Crippen MR) is 144 cm³/mol. The molecule has 0 atom stereocenters. The molecule has 4 rings (SSSR count). The number of carbonyl (C=O) groups is 1. The van der Waals surface area contributed by atoms with Crippen LogP contribution < -0.4 is 16.0 Å². The van der Waals surface area contributed by atoms with Crippen LogP contribution in [-0.4, -0.2) is 21.8 Å². The van der Waals surface area contributed by atoms with Gasteiger partial charge in [0.25, 0.3) is 0 Å². The van der Waals surface area contributed by atoms with Crippen LogP contribution in [0.5, 0.6) is 0 Å². The van der Waals surface area contributed by atoms with E-state index in [1.54, 1.807) is 0 Å². The second-order valence-corrected chi connectivity index (χ2v) is 9.53. The highest BCUT2D eigenvalue weighted by molar-refractivity contribution is 8.00. The average molecular weight is 491 g/mol. The molecule has 0 saturated heterocycles. The van der Waals surface area contributed by atoms with Crippen LogP contribution >= 0.6 is 35.3 Å². The van der Waals surface area contributed by atoms with Gasteiger partial charge in [-0.1, -0.05) is 48.0 Å². The zero-order valence-corrected chi connectivity index (χ0v) is 20.3. The molecule has 166 valence electrons. The van der Waals surface area contributed by atoms with Crippen LogP contribution in [0.25, 0.3) is 11.3 Å². The highest BCUT2D eigenvalue weighted by Crippen LogP contribution is 2.26. The Morgan fingerprint density at radius 3 is 2.27 bits per heavy atom. The number of nitrogens with zero attached hydrogens (tertiary/aromatic N) is 1. The minimum atomic E-state index is -0.0831. The highest BCUT2D eigenvalue weighted by atomic mass is 32.2. The molecule has 3 N–H and O–H groups in total. The Bertz CT molecular complexity index is 1220. The Labute approximate surface area is 206 Å². The SMILES string of the molecule is Cc1ccc(-c2csc(NC(=O)CSc3ccc(NC(=S)Nc4ccccc4)cc3)n2)cc1. The average Bonchev–Trinajstić information content (AvgIpc) is 3.28. The number of nitrogens with one attached hydrogen (secondary N) is 3. The van der Waals surface area contributed by atoms with Gasteiger partial charge in [-0.3, -0.25) is 4.79 Å². The van der Waals surface area contributed by atoms with Gasteiger partial charge in [0, 0.05) is 27.2 Å². The predicted octanol–water partition coefficient (Wildman–Crippen LogP) is 6.66. The third-order valence-corrected chi connectivity index (χ3v) is 6.59. The minimum absolute atomic E-state index is 0.0831. The lowest BCUT2D eigenvalue weighted by atomic mass is 10.1. The van der Waals surface area contributed by atoms with Gasteiger partial charge < -0.3 is 16.0 Å². The van der Waals surface area contributed by atoms with Gasteiger partial charge in [0.2, 0.25) is 5.91 Å². The van der Waals surface area contributed by atoms with Gasteiger partial charge >= 0.3 is 0 Å². The lowest BCUT2D eigenvalue weighted by molar-refractivity contribution is -0.113. The Morgan fingerprint density at radius 1 is 0.909 bits per heavy atom. The van der Waals surface area contributed by atoms with E-state index in [-0.39, 0.29) is 5.91 Å². The van der Waals surface area contributed by atoms with Gasteiger partial charge in [0.15, 0.2) is 10.2 Å². The van der Waals surface area contributed by atoms with Crippen molar-refractivity contribution in [3.05, 3.63) is 89.8 Å². The van der Waals surface area contributed by atoms with Gasteiger partial charge in [-0.2, -0.15) is 0 Å². The molecule has 1 heterocycles. The van der Waals surface area contributed by atoms with E-state index in [9.17, 15) is 4.79 Å². The lowest BCUT2D eigenvalue weighted by Gasteiger charge is -2.11. The first-order valence-corrected chi connectivity index (χ1v) is 12.5. The van der Waals surface area contributed by atoms with Crippen molar-refractivity contribution < 1.29 is 4.79 Å². The first-order valence-electron chi connectivity index (χ1n) is 10.2. The highest BCUT2D eigenvalue weighted by Gasteiger charge is 2.09. The normalized spacial score (nSPS) is 10.5. The second-order valence-electron chi connectivity index (χ2n) is 7.21. The molecule has 8 heteroatoms. The molecule has 0 unspecified atom stereocenters. The molecule has 0 bridgehead atoms. The molecular formula is C25H22N4OS3. The molecule has 0 aliphatic carbocycles. The number of aryl methyl sites for hydroxylation is 1. The fraction of sp³-hybridized carbons (Fsp3) is 0.0800. The number of thiocarbonyl (C=S) groups is 1. The van der Waals surface area contributed by atoms with Gasteiger partial charge in [-0.25, -0.2) is 4.98 Å². The Balaban J connectivity index is 1.24. The van der Waals surface area contributed by atoms with Gasteiger partial charge in [-0.05, 0) is 55.5 Å². The van der Waals surface area contributed by atoms with Gasteiger partial charge in [-0.15, -0.1) is 23.1 Å². The van der Waals surface area contributed by atoms with Crippen LogP contribution in [0.15, 0.2) is 89.1 Å². The van der Waals surface area contributed by atoms with Crippen molar-refractivity contribution in [2.75, 3.05) is 21.7 Å². The van der Waals surface area contributed by atoms with Crippen LogP contribution in [0.3, 0.4) is 0 Å². The molecule has 1 amide bonds. The topological polar surface area (TPSA) is 66.1 Å². The summed E-state index contributed by atoms with van der Waals surface area (Å²) in [6.07, 6.45) is 0. The number of carbonyl (C=O) groups excluding carboxylic acids is 1. The van der Waals surface area contributed by atoms with Gasteiger partial charge in [0.1, 0.15) is 0 Å². The molecule has 0 saturated carbocycles. The van der Waals surface area contributed by atoms with Crippen molar-refractivity contribution in [2.24, 2.45) is 0 Å². The first-order chi connectivity index (χ1) is 16.0. The second kappa shape index (κ2) is 11.1. The van der Waals surface area contributed by atoms with Gasteiger partial charge in [0.05, 0.1) is 11.4 Å². The fourth-order valence-electron chi connectivity index (χ4n) is 2.94. The number of anilines is 3. The summed E-state index contributed by atoms with van der Waals surface area (Å²) < 4.78 is 0. The molecule has 3 aromatic carbocycles. The lowest BCUT2D eigenvalue weighted by Crippen LogP contribution is -2.18. The maximum absolute atomic E-state index is 12.4. The zero-order chi connectivity index (χ0) is 23.0. The quantitative estimate of drug-likeness (QED) is 0.199. The number of thioether (sulfide) groups is 1. The molecule has 0 radical (unpaired) electrons. The Hall–Kier alpha value is -3.20. The third-order valence-electron chi connectivity index (χ3n) is 4.61. The fourth-order valence-corrected chi connectivity index (χ4v) is 4.61. The van der Waals surface area contributed by atoms with Crippen molar-refractivity contribution in [3.63, 3.8) is 0 Å². The summed E-state index contributed by atoms with van der Waals surface area (Å²) in [5.41, 5.74) is 4.92. The number of aromatic nitrogens is 1. The summed E-state index contributed by atoms with van der Waals surface area (Å²) in [5, 5.41) is 12.3. The molecule has 0 aliphatic rings. The van der Waals surface area contributed by atoms with E-state index in [1.165, 1.54) is 28.7 Å². The number of benzene rings is 3. The molecular weight excluding hydrogens is 469 g/mol. The monoisotopic (exact) mass is 490 g/mol. The Morgan fingerprint density at radius 2 is 1.58 bits per heavy atom. The van der Waals surface area contributed by atoms with E-state index in [1.807, 2.05) is 72.1 Å². The number of para-hydroxylation sites is 1. The molecule has 4 aromatic rings. The third kappa shape index (κ3) is 6.89. The summed E-state index contributed by atoms with van der Waals surface area (Å²) in [5.74, 6) is 0.223. The largest absolute Gasteiger partial charge is 0.332 e. The summed E-state index contributed by atoms with van der Waals surface area (Å²) in [4.78, 5) is 17.9. The Kier molecular flexibility index (Phi) is 7.72. The van der Waals surface area contributed by atoms with E-state index in [4.69, 9.17) is 12.2 Å². The molecule has 0 fully saturated rings. The number of hydrogen-bond acceptors (Lipinski definition) is 5. The molecule has 5 nitrogen and oxygen atoms in total. The van der Waals surface area contributed by atoms with Crippen molar-refractivity contribution in [1.82, 2.24) is 4.98 Å². The maximum atomic E-state index is 12.4. The standard InChI is InChI=1S/C25H22N4OS3/c1-17-7-9-18(10-8-17)22-15-33-25(28-22)29-23(30)16-32-21-13-11-20(12-14-21)27-24(31)26-19-5-3-2-4-6-19/h2-15H,16H2,1H3,(H2,26,27,31)(H,28,29,30). The van der Waals surface area contributed by atoms with Crippen molar-refractivity contribution in [3.8, 4) is 11.3 Å². The van der Waals surface area contributed by atoms with Crippen molar-refractivity contribution in [2.45, 2.75) is 11.8 Å². The van der Waals surface area contributed by atoms with E-state index in [2.05, 4.69) is 40.0 Å². The summed E-state index contributed by atoms with van der Waals surface area (Å²) in [7, 11) is 0. The molecule has 0 aliphatic heterocycles.